The van der Waals surface area contributed by atoms with Gasteiger partial charge in [0.25, 0.3) is 0 Å². The third-order valence-corrected chi connectivity index (χ3v) is 2.65. The third kappa shape index (κ3) is 6.40. The number of aliphatic hydroxyl groups is 1. The molecule has 0 aliphatic carbocycles. The molecule has 1 fully saturated rings. The summed E-state index contributed by atoms with van der Waals surface area (Å²) in [6, 6.07) is 0. The second kappa shape index (κ2) is 8.90. The van der Waals surface area contributed by atoms with E-state index < -0.39 is 0 Å². The van der Waals surface area contributed by atoms with Crippen LogP contribution in [-0.2, 0) is 9.47 Å². The normalized spacial score (nSPS) is 20.6. The average Bonchev–Trinajstić information content (AvgIpc) is 2.53. The van der Waals surface area contributed by atoms with E-state index >= 15 is 0 Å². The van der Waals surface area contributed by atoms with E-state index in [9.17, 15) is 5.11 Å². The average molecular weight is 232 g/mol. The molecule has 1 rings (SSSR count). The van der Waals surface area contributed by atoms with Gasteiger partial charge in [0, 0.05) is 46.4 Å². The van der Waals surface area contributed by atoms with E-state index in [0.717, 1.165) is 45.8 Å². The van der Waals surface area contributed by atoms with Crippen LogP contribution in [0.1, 0.15) is 6.42 Å². The molecule has 1 aliphatic rings. The maximum absolute atomic E-state index is 9.81. The van der Waals surface area contributed by atoms with Crippen LogP contribution in [0.15, 0.2) is 0 Å². The molecule has 1 saturated heterocycles. The zero-order valence-electron chi connectivity index (χ0n) is 10.2. The number of nitrogens with zero attached hydrogens (tertiary/aromatic N) is 1. The van der Waals surface area contributed by atoms with Crippen LogP contribution in [0.5, 0.6) is 0 Å². The fraction of sp³-hybridized carbons (Fsp3) is 1.00. The molecule has 5 nitrogen and oxygen atoms in total. The zero-order chi connectivity index (χ0) is 11.6. The summed E-state index contributed by atoms with van der Waals surface area (Å²) in [6.07, 6.45) is 0.749. The minimum atomic E-state index is -0.310. The molecule has 16 heavy (non-hydrogen) atoms. The lowest BCUT2D eigenvalue weighted by atomic mass is 10.3. The van der Waals surface area contributed by atoms with Gasteiger partial charge in [-0.15, -0.1) is 0 Å². The lowest BCUT2D eigenvalue weighted by Crippen LogP contribution is -2.40. The van der Waals surface area contributed by atoms with Gasteiger partial charge in [-0.3, -0.25) is 4.90 Å². The zero-order valence-corrected chi connectivity index (χ0v) is 10.2. The van der Waals surface area contributed by atoms with E-state index in [0.29, 0.717) is 13.2 Å². The molecule has 0 amide bonds. The molecule has 1 aliphatic heterocycles. The molecular weight excluding hydrogens is 208 g/mol. The molecule has 96 valence electrons. The predicted molar refractivity (Wildman–Crippen MR) is 62.6 cm³/mol. The van der Waals surface area contributed by atoms with E-state index in [-0.39, 0.29) is 6.10 Å². The van der Waals surface area contributed by atoms with Gasteiger partial charge >= 0.3 is 0 Å². The number of hydrogen-bond acceptors (Lipinski definition) is 5. The highest BCUT2D eigenvalue weighted by Crippen LogP contribution is 2.00. The Bertz CT molecular complexity index is 161. The first-order valence-corrected chi connectivity index (χ1v) is 6.00. The largest absolute Gasteiger partial charge is 0.390 e. The molecule has 5 heteroatoms. The van der Waals surface area contributed by atoms with Crippen LogP contribution in [0.2, 0.25) is 0 Å². The topological polar surface area (TPSA) is 54.0 Å². The molecule has 0 aromatic rings. The van der Waals surface area contributed by atoms with Crippen LogP contribution in [0, 0.1) is 0 Å². The molecular formula is C11H24N2O3. The van der Waals surface area contributed by atoms with Gasteiger partial charge in [-0.05, 0) is 6.42 Å². The maximum Gasteiger partial charge on any atom is 0.0791 e. The Labute approximate surface area is 97.7 Å². The Morgan fingerprint density at radius 1 is 1.44 bits per heavy atom. The minimum Gasteiger partial charge on any atom is -0.390 e. The highest BCUT2D eigenvalue weighted by molar-refractivity contribution is 4.68. The summed E-state index contributed by atoms with van der Waals surface area (Å²) in [6.45, 7) is 6.40. The number of aliphatic hydroxyl groups excluding tert-OH is 1. The van der Waals surface area contributed by atoms with Gasteiger partial charge in [0.1, 0.15) is 0 Å². The summed E-state index contributed by atoms with van der Waals surface area (Å²) in [7, 11) is 1.68. The van der Waals surface area contributed by atoms with Crippen LogP contribution in [0.4, 0.5) is 0 Å². The third-order valence-electron chi connectivity index (χ3n) is 2.65. The van der Waals surface area contributed by atoms with Crippen molar-refractivity contribution in [3.8, 4) is 0 Å². The number of methoxy groups -OCH3 is 1. The van der Waals surface area contributed by atoms with Crippen LogP contribution >= 0.6 is 0 Å². The van der Waals surface area contributed by atoms with Crippen molar-refractivity contribution in [3.63, 3.8) is 0 Å². The highest BCUT2D eigenvalue weighted by Gasteiger charge is 2.13. The summed E-state index contributed by atoms with van der Waals surface area (Å²) < 4.78 is 10.3. The van der Waals surface area contributed by atoms with Gasteiger partial charge in [0.05, 0.1) is 19.3 Å². The van der Waals surface area contributed by atoms with Crippen molar-refractivity contribution in [1.82, 2.24) is 10.2 Å². The number of nitrogens with one attached hydrogen (secondary N) is 1. The minimum absolute atomic E-state index is 0.310. The van der Waals surface area contributed by atoms with Crippen LogP contribution < -0.4 is 5.32 Å². The summed E-state index contributed by atoms with van der Waals surface area (Å²) in [4.78, 5) is 2.26. The maximum atomic E-state index is 9.81. The first-order valence-electron chi connectivity index (χ1n) is 6.00. The van der Waals surface area contributed by atoms with Crippen molar-refractivity contribution in [2.75, 3.05) is 59.7 Å². The first kappa shape index (κ1) is 13.9. The molecule has 2 N–H and O–H groups in total. The predicted octanol–water partition coefficient (Wildman–Crippen LogP) is -0.694. The van der Waals surface area contributed by atoms with E-state index in [4.69, 9.17) is 9.47 Å². The van der Waals surface area contributed by atoms with Crippen molar-refractivity contribution < 1.29 is 14.6 Å². The van der Waals surface area contributed by atoms with Gasteiger partial charge in [-0.1, -0.05) is 0 Å². The monoisotopic (exact) mass is 232 g/mol. The first-order chi connectivity index (χ1) is 7.83. The van der Waals surface area contributed by atoms with Crippen molar-refractivity contribution in [3.05, 3.63) is 0 Å². The van der Waals surface area contributed by atoms with Gasteiger partial charge < -0.3 is 19.9 Å². The molecule has 0 spiro atoms. The molecule has 0 saturated carbocycles. The van der Waals surface area contributed by atoms with Crippen molar-refractivity contribution in [2.45, 2.75) is 12.5 Å². The van der Waals surface area contributed by atoms with E-state index in [1.165, 1.54) is 0 Å². The van der Waals surface area contributed by atoms with Gasteiger partial charge in [0.15, 0.2) is 0 Å². The van der Waals surface area contributed by atoms with Crippen LogP contribution in [0.3, 0.4) is 0 Å². The lowest BCUT2D eigenvalue weighted by molar-refractivity contribution is 0.100. The second-order valence-electron chi connectivity index (χ2n) is 4.12. The SMILES string of the molecule is COCCNCC(O)CN1CCCOCC1. The van der Waals surface area contributed by atoms with E-state index in [2.05, 4.69) is 10.2 Å². The molecule has 1 heterocycles. The number of hydrogen-bond donors (Lipinski definition) is 2. The Hall–Kier alpha value is -0.200. The fourth-order valence-corrected chi connectivity index (χ4v) is 1.79. The summed E-state index contributed by atoms with van der Waals surface area (Å²) >= 11 is 0. The summed E-state index contributed by atoms with van der Waals surface area (Å²) in [5, 5.41) is 13.0. The molecule has 0 aromatic heterocycles. The summed E-state index contributed by atoms with van der Waals surface area (Å²) in [5.41, 5.74) is 0. The number of rotatable bonds is 7. The number of ether oxygens (including phenoxy) is 2. The van der Waals surface area contributed by atoms with Gasteiger partial charge in [0.2, 0.25) is 0 Å². The Morgan fingerprint density at radius 3 is 3.12 bits per heavy atom. The van der Waals surface area contributed by atoms with Crippen molar-refractivity contribution in [1.29, 1.82) is 0 Å². The van der Waals surface area contributed by atoms with Crippen molar-refractivity contribution in [2.24, 2.45) is 0 Å². The Kier molecular flexibility index (Phi) is 7.71. The van der Waals surface area contributed by atoms with Crippen LogP contribution in [0.25, 0.3) is 0 Å². The highest BCUT2D eigenvalue weighted by atomic mass is 16.5. The van der Waals surface area contributed by atoms with Gasteiger partial charge in [-0.2, -0.15) is 0 Å². The fourth-order valence-electron chi connectivity index (χ4n) is 1.79. The Morgan fingerprint density at radius 2 is 2.31 bits per heavy atom. The smallest absolute Gasteiger partial charge is 0.0791 e. The molecule has 1 atom stereocenters. The van der Waals surface area contributed by atoms with E-state index in [1.807, 2.05) is 0 Å². The summed E-state index contributed by atoms with van der Waals surface area (Å²) in [5.74, 6) is 0. The van der Waals surface area contributed by atoms with Crippen LogP contribution in [-0.4, -0.2) is 75.8 Å². The molecule has 0 bridgehead atoms. The van der Waals surface area contributed by atoms with Crippen molar-refractivity contribution >= 4 is 0 Å². The molecule has 0 radical (unpaired) electrons. The quantitative estimate of drug-likeness (QED) is 0.569. The number of β-amino-alcohol motifs (C(OH)–C–C–N with tert-alkyl or cyclic N) is 1. The molecule has 0 aromatic carbocycles. The lowest BCUT2D eigenvalue weighted by Gasteiger charge is -2.22. The standard InChI is InChI=1S/C11H24N2O3/c1-15-7-3-12-9-11(14)10-13-4-2-6-16-8-5-13/h11-12,14H,2-10H2,1H3. The molecule has 1 unspecified atom stereocenters. The van der Waals surface area contributed by atoms with E-state index in [1.54, 1.807) is 7.11 Å². The Balaban J connectivity index is 2.04. The van der Waals surface area contributed by atoms with Gasteiger partial charge in [-0.25, -0.2) is 0 Å². The second-order valence-corrected chi connectivity index (χ2v) is 4.12.